The van der Waals surface area contributed by atoms with Gasteiger partial charge in [-0.1, -0.05) is 13.0 Å². The van der Waals surface area contributed by atoms with Crippen LogP contribution < -0.4 is 10.5 Å². The molecule has 0 fully saturated rings. The van der Waals surface area contributed by atoms with Gasteiger partial charge in [0.05, 0.1) is 0 Å². The lowest BCUT2D eigenvalue weighted by Crippen LogP contribution is -2.24. The van der Waals surface area contributed by atoms with Crippen molar-refractivity contribution in [3.8, 4) is 0 Å². The van der Waals surface area contributed by atoms with Gasteiger partial charge in [-0.15, -0.1) is 11.3 Å². The lowest BCUT2D eigenvalue weighted by molar-refractivity contribution is 0.556. The Morgan fingerprint density at radius 3 is 2.71 bits per heavy atom. The van der Waals surface area contributed by atoms with Gasteiger partial charge >= 0.3 is 0 Å². The van der Waals surface area contributed by atoms with Crippen molar-refractivity contribution in [1.82, 2.24) is 4.72 Å². The SMILES string of the molecule is CCc1ccsc1CNS(=O)(=O)c1ccc(CN)cc1F. The topological polar surface area (TPSA) is 72.2 Å². The number of rotatable bonds is 6. The van der Waals surface area contributed by atoms with Crippen molar-refractivity contribution in [2.75, 3.05) is 0 Å². The zero-order chi connectivity index (χ0) is 15.5. The molecule has 0 saturated heterocycles. The number of halogens is 1. The number of nitrogens with two attached hydrogens (primary N) is 1. The van der Waals surface area contributed by atoms with Crippen LogP contribution in [-0.2, 0) is 29.5 Å². The number of thiophene rings is 1. The van der Waals surface area contributed by atoms with Gasteiger partial charge in [0.25, 0.3) is 0 Å². The summed E-state index contributed by atoms with van der Waals surface area (Å²) in [5.41, 5.74) is 7.05. The highest BCUT2D eigenvalue weighted by Crippen LogP contribution is 2.20. The van der Waals surface area contributed by atoms with Crippen LogP contribution in [0.2, 0.25) is 0 Å². The Morgan fingerprint density at radius 2 is 2.10 bits per heavy atom. The second kappa shape index (κ2) is 6.65. The number of hydrogen-bond donors (Lipinski definition) is 2. The smallest absolute Gasteiger partial charge is 0.243 e. The van der Waals surface area contributed by atoms with Crippen LogP contribution in [0.15, 0.2) is 34.5 Å². The molecule has 0 aliphatic carbocycles. The maximum Gasteiger partial charge on any atom is 0.243 e. The minimum atomic E-state index is -3.88. The van der Waals surface area contributed by atoms with Crippen molar-refractivity contribution in [2.24, 2.45) is 5.73 Å². The quantitative estimate of drug-likeness (QED) is 0.855. The predicted octanol–water partition coefficient (Wildman–Crippen LogP) is 2.39. The molecule has 1 aromatic carbocycles. The molecule has 0 amide bonds. The Morgan fingerprint density at radius 1 is 1.33 bits per heavy atom. The van der Waals surface area contributed by atoms with Crippen LogP contribution >= 0.6 is 11.3 Å². The van der Waals surface area contributed by atoms with Gasteiger partial charge in [0, 0.05) is 18.0 Å². The van der Waals surface area contributed by atoms with Crippen molar-refractivity contribution < 1.29 is 12.8 Å². The highest BCUT2D eigenvalue weighted by Gasteiger charge is 2.19. The van der Waals surface area contributed by atoms with Gasteiger partial charge in [0.2, 0.25) is 10.0 Å². The van der Waals surface area contributed by atoms with Crippen LogP contribution in [0.1, 0.15) is 22.9 Å². The zero-order valence-corrected chi connectivity index (χ0v) is 13.2. The molecule has 0 aliphatic heterocycles. The summed E-state index contributed by atoms with van der Waals surface area (Å²) in [5, 5.41) is 1.92. The number of sulfonamides is 1. The van der Waals surface area contributed by atoms with E-state index in [0.29, 0.717) is 5.56 Å². The molecule has 0 spiro atoms. The molecule has 21 heavy (non-hydrogen) atoms. The Kier molecular flexibility index (Phi) is 5.10. The summed E-state index contributed by atoms with van der Waals surface area (Å²) in [4.78, 5) is 0.592. The summed E-state index contributed by atoms with van der Waals surface area (Å²) in [6.07, 6.45) is 0.833. The van der Waals surface area contributed by atoms with Crippen molar-refractivity contribution in [1.29, 1.82) is 0 Å². The zero-order valence-electron chi connectivity index (χ0n) is 11.6. The fraction of sp³-hybridized carbons (Fsp3) is 0.286. The van der Waals surface area contributed by atoms with Crippen LogP contribution in [0, 0.1) is 5.82 Å². The fourth-order valence-electron chi connectivity index (χ4n) is 1.96. The first-order valence-electron chi connectivity index (χ1n) is 6.51. The van der Waals surface area contributed by atoms with Gasteiger partial charge in [0.1, 0.15) is 10.7 Å². The van der Waals surface area contributed by atoms with Gasteiger partial charge in [0.15, 0.2) is 0 Å². The highest BCUT2D eigenvalue weighted by molar-refractivity contribution is 7.89. The number of nitrogens with one attached hydrogen (secondary N) is 1. The molecule has 1 aromatic heterocycles. The van der Waals surface area contributed by atoms with Gasteiger partial charge in [-0.3, -0.25) is 0 Å². The van der Waals surface area contributed by atoms with E-state index in [2.05, 4.69) is 4.72 Å². The van der Waals surface area contributed by atoms with Crippen molar-refractivity contribution in [3.63, 3.8) is 0 Å². The molecule has 3 N–H and O–H groups in total. The molecular formula is C14H17FN2O2S2. The number of aryl methyl sites for hydroxylation is 1. The van der Waals surface area contributed by atoms with Crippen LogP contribution in [0.25, 0.3) is 0 Å². The summed E-state index contributed by atoms with van der Waals surface area (Å²) in [6, 6.07) is 5.87. The summed E-state index contributed by atoms with van der Waals surface area (Å²) >= 11 is 1.48. The van der Waals surface area contributed by atoms with E-state index in [1.807, 2.05) is 18.4 Å². The average Bonchev–Trinajstić information content (AvgIpc) is 2.92. The molecule has 4 nitrogen and oxygen atoms in total. The molecule has 0 radical (unpaired) electrons. The maximum atomic E-state index is 13.9. The normalized spacial score (nSPS) is 11.8. The molecule has 1 heterocycles. The third-order valence-corrected chi connectivity index (χ3v) is 5.56. The highest BCUT2D eigenvalue weighted by atomic mass is 32.2. The van der Waals surface area contributed by atoms with Crippen LogP contribution in [-0.4, -0.2) is 8.42 Å². The van der Waals surface area contributed by atoms with E-state index >= 15 is 0 Å². The van der Waals surface area contributed by atoms with E-state index in [9.17, 15) is 12.8 Å². The van der Waals surface area contributed by atoms with Gasteiger partial charge in [-0.05, 0) is 41.1 Å². The van der Waals surface area contributed by atoms with Crippen LogP contribution in [0.4, 0.5) is 4.39 Å². The second-order valence-electron chi connectivity index (χ2n) is 4.52. The molecule has 0 atom stereocenters. The molecule has 114 valence electrons. The summed E-state index contributed by atoms with van der Waals surface area (Å²) in [5.74, 6) is -0.785. The minimum absolute atomic E-state index is 0.166. The largest absolute Gasteiger partial charge is 0.326 e. The lowest BCUT2D eigenvalue weighted by Gasteiger charge is -2.09. The summed E-state index contributed by atoms with van der Waals surface area (Å²) in [7, 11) is -3.88. The predicted molar refractivity (Wildman–Crippen MR) is 82.0 cm³/mol. The Bertz CT molecular complexity index is 726. The molecule has 7 heteroatoms. The first kappa shape index (κ1) is 16.1. The summed E-state index contributed by atoms with van der Waals surface area (Å²) in [6.45, 7) is 2.34. The molecule has 0 bridgehead atoms. The first-order valence-corrected chi connectivity index (χ1v) is 8.87. The Hall–Kier alpha value is -1.28. The van der Waals surface area contributed by atoms with E-state index in [1.165, 1.54) is 23.5 Å². The van der Waals surface area contributed by atoms with Gasteiger partial charge in [-0.25, -0.2) is 17.5 Å². The average molecular weight is 328 g/mol. The third-order valence-electron chi connectivity index (χ3n) is 3.16. The number of benzene rings is 1. The van der Waals surface area contributed by atoms with E-state index in [4.69, 9.17) is 5.73 Å². The Labute approximate surface area is 127 Å². The lowest BCUT2D eigenvalue weighted by atomic mass is 10.2. The maximum absolute atomic E-state index is 13.9. The van der Waals surface area contributed by atoms with Gasteiger partial charge in [-0.2, -0.15) is 0 Å². The van der Waals surface area contributed by atoms with Crippen molar-refractivity contribution in [2.45, 2.75) is 31.3 Å². The molecule has 2 aromatic rings. The molecular weight excluding hydrogens is 311 g/mol. The first-order chi connectivity index (χ1) is 9.97. The van der Waals surface area contributed by atoms with Crippen LogP contribution in [0.3, 0.4) is 0 Å². The second-order valence-corrected chi connectivity index (χ2v) is 7.25. The van der Waals surface area contributed by atoms with E-state index in [-0.39, 0.29) is 18.0 Å². The number of hydrogen-bond acceptors (Lipinski definition) is 4. The van der Waals surface area contributed by atoms with Crippen LogP contribution in [0.5, 0.6) is 0 Å². The summed E-state index contributed by atoms with van der Waals surface area (Å²) < 4.78 is 40.7. The standard InChI is InChI=1S/C14H17FN2O2S2/c1-2-11-5-6-20-13(11)9-17-21(18,19)14-4-3-10(8-16)7-12(14)15/h3-7,17H,2,8-9,16H2,1H3. The third kappa shape index (κ3) is 3.68. The van der Waals surface area contributed by atoms with Crippen molar-refractivity contribution in [3.05, 3.63) is 51.5 Å². The molecule has 0 aliphatic rings. The van der Waals surface area contributed by atoms with E-state index in [1.54, 1.807) is 0 Å². The monoisotopic (exact) mass is 328 g/mol. The molecule has 0 unspecified atom stereocenters. The van der Waals surface area contributed by atoms with Gasteiger partial charge < -0.3 is 5.73 Å². The minimum Gasteiger partial charge on any atom is -0.326 e. The molecule has 0 saturated carbocycles. The fourth-order valence-corrected chi connectivity index (χ4v) is 4.02. The van der Waals surface area contributed by atoms with Crippen molar-refractivity contribution >= 4 is 21.4 Å². The Balaban J connectivity index is 2.19. The molecule has 2 rings (SSSR count). The van der Waals surface area contributed by atoms with E-state index < -0.39 is 15.8 Å². The van der Waals surface area contributed by atoms with E-state index in [0.717, 1.165) is 22.9 Å².